The summed E-state index contributed by atoms with van der Waals surface area (Å²) in [5, 5.41) is 2.90. The smallest absolute Gasteiger partial charge is 0.233 e. The Labute approximate surface area is 206 Å². The maximum absolute atomic E-state index is 12.9. The number of β-lactam (4-membered cyclic amide) rings is 1. The Bertz CT molecular complexity index is 1300. The largest absolute Gasteiger partial charge is 0.326 e. The molecule has 0 aliphatic carbocycles. The Morgan fingerprint density at radius 1 is 0.943 bits per heavy atom. The van der Waals surface area contributed by atoms with Crippen LogP contribution in [0.15, 0.2) is 83.8 Å². The van der Waals surface area contributed by atoms with E-state index in [1.165, 1.54) is 0 Å². The van der Waals surface area contributed by atoms with Gasteiger partial charge < -0.3 is 10.2 Å². The van der Waals surface area contributed by atoms with E-state index in [4.69, 9.17) is 0 Å². The van der Waals surface area contributed by atoms with Gasteiger partial charge in [0.25, 0.3) is 0 Å². The lowest BCUT2D eigenvalue weighted by molar-refractivity contribution is -0.132. The fourth-order valence-electron chi connectivity index (χ4n) is 4.53. The summed E-state index contributed by atoms with van der Waals surface area (Å²) in [6, 6.07) is 23.7. The summed E-state index contributed by atoms with van der Waals surface area (Å²) in [4.78, 5) is 27.6. The molecule has 2 atom stereocenters. The summed E-state index contributed by atoms with van der Waals surface area (Å²) in [6.45, 7) is 5.74. The Morgan fingerprint density at radius 3 is 2.14 bits per heavy atom. The minimum Gasteiger partial charge on any atom is -0.326 e. The molecule has 0 saturated carbocycles. The third-order valence-corrected chi connectivity index (χ3v) is 8.21. The van der Waals surface area contributed by atoms with Gasteiger partial charge in [-0.15, -0.1) is 0 Å². The lowest BCUT2D eigenvalue weighted by Crippen LogP contribution is -2.57. The van der Waals surface area contributed by atoms with Crippen LogP contribution in [0.3, 0.4) is 0 Å². The van der Waals surface area contributed by atoms with Gasteiger partial charge in [0.05, 0.1) is 29.0 Å². The highest BCUT2D eigenvalue weighted by Gasteiger charge is 2.49. The maximum Gasteiger partial charge on any atom is 0.233 e. The van der Waals surface area contributed by atoms with E-state index in [-0.39, 0.29) is 46.8 Å². The number of amides is 2. The average molecular weight is 491 g/mol. The number of rotatable bonds is 8. The summed E-state index contributed by atoms with van der Waals surface area (Å²) in [5.41, 5.74) is 3.31. The molecule has 1 heterocycles. The molecule has 2 amide bonds. The van der Waals surface area contributed by atoms with Crippen molar-refractivity contribution in [2.45, 2.75) is 38.1 Å². The van der Waals surface area contributed by atoms with E-state index in [2.05, 4.69) is 19.2 Å². The molecule has 35 heavy (non-hydrogen) atoms. The second-order valence-electron chi connectivity index (χ2n) is 9.15. The molecule has 0 spiro atoms. The molecule has 0 aromatic heterocycles. The van der Waals surface area contributed by atoms with Crippen molar-refractivity contribution in [3.8, 4) is 0 Å². The van der Waals surface area contributed by atoms with Gasteiger partial charge in [-0.25, -0.2) is 8.42 Å². The third kappa shape index (κ3) is 5.15. The van der Waals surface area contributed by atoms with E-state index in [0.29, 0.717) is 5.69 Å². The van der Waals surface area contributed by atoms with E-state index < -0.39 is 9.84 Å². The SMILES string of the molecule is CCS(=O)(=O)c1ccc(CC(=O)Nc2ccc([C@@H]3[C@@H](C(C)C)C(=O)N3c3ccccc3)cc2)cc1. The fourth-order valence-corrected chi connectivity index (χ4v) is 5.41. The van der Waals surface area contributed by atoms with Crippen LogP contribution in [0, 0.1) is 11.8 Å². The summed E-state index contributed by atoms with van der Waals surface area (Å²) >= 11 is 0. The molecule has 7 heteroatoms. The van der Waals surface area contributed by atoms with E-state index in [1.54, 1.807) is 31.2 Å². The van der Waals surface area contributed by atoms with Crippen LogP contribution in [0.1, 0.15) is 37.9 Å². The van der Waals surface area contributed by atoms with Crippen molar-refractivity contribution in [3.05, 3.63) is 90.0 Å². The number of nitrogens with zero attached hydrogens (tertiary/aromatic N) is 1. The van der Waals surface area contributed by atoms with Gasteiger partial charge in [0, 0.05) is 11.4 Å². The molecule has 3 aromatic rings. The van der Waals surface area contributed by atoms with Gasteiger partial charge in [-0.3, -0.25) is 9.59 Å². The van der Waals surface area contributed by atoms with Crippen LogP contribution in [-0.2, 0) is 25.8 Å². The fraction of sp³-hybridized carbons (Fsp3) is 0.286. The Hall–Kier alpha value is -3.45. The van der Waals surface area contributed by atoms with Crippen LogP contribution in [0.25, 0.3) is 0 Å². The van der Waals surface area contributed by atoms with Crippen LogP contribution in [-0.4, -0.2) is 26.0 Å². The first kappa shape index (κ1) is 24.7. The summed E-state index contributed by atoms with van der Waals surface area (Å²) in [5.74, 6) is 0.111. The monoisotopic (exact) mass is 490 g/mol. The van der Waals surface area contributed by atoms with Crippen molar-refractivity contribution in [1.29, 1.82) is 0 Å². The van der Waals surface area contributed by atoms with Gasteiger partial charge in [0.2, 0.25) is 11.8 Å². The van der Waals surface area contributed by atoms with Crippen LogP contribution < -0.4 is 10.2 Å². The van der Waals surface area contributed by atoms with Gasteiger partial charge in [-0.05, 0) is 53.4 Å². The second-order valence-corrected chi connectivity index (χ2v) is 11.4. The highest BCUT2D eigenvalue weighted by atomic mass is 32.2. The average Bonchev–Trinajstić information content (AvgIpc) is 2.84. The Balaban J connectivity index is 1.44. The van der Waals surface area contributed by atoms with Gasteiger partial charge in [0.1, 0.15) is 0 Å². The molecule has 0 bridgehead atoms. The van der Waals surface area contributed by atoms with Crippen molar-refractivity contribution in [2.75, 3.05) is 16.0 Å². The summed E-state index contributed by atoms with van der Waals surface area (Å²) < 4.78 is 23.9. The third-order valence-electron chi connectivity index (χ3n) is 6.46. The van der Waals surface area contributed by atoms with E-state index in [1.807, 2.05) is 59.5 Å². The van der Waals surface area contributed by atoms with Crippen molar-refractivity contribution in [2.24, 2.45) is 11.8 Å². The molecule has 3 aromatic carbocycles. The van der Waals surface area contributed by atoms with Crippen LogP contribution in [0.2, 0.25) is 0 Å². The molecule has 1 N–H and O–H groups in total. The number of para-hydroxylation sites is 1. The molecule has 1 saturated heterocycles. The topological polar surface area (TPSA) is 83.5 Å². The van der Waals surface area contributed by atoms with Crippen molar-refractivity contribution in [3.63, 3.8) is 0 Å². The molecule has 1 aliphatic heterocycles. The van der Waals surface area contributed by atoms with Gasteiger partial charge in [-0.1, -0.05) is 63.2 Å². The minimum atomic E-state index is -3.26. The zero-order chi connectivity index (χ0) is 25.2. The zero-order valence-electron chi connectivity index (χ0n) is 20.1. The number of carbonyl (C=O) groups is 2. The normalized spacial score (nSPS) is 17.8. The highest BCUT2D eigenvalue weighted by Crippen LogP contribution is 2.46. The van der Waals surface area contributed by atoms with Crippen LogP contribution in [0.5, 0.6) is 0 Å². The molecule has 4 rings (SSSR count). The number of carbonyl (C=O) groups excluding carboxylic acids is 2. The molecule has 0 radical (unpaired) electrons. The molecule has 0 unspecified atom stereocenters. The Morgan fingerprint density at radius 2 is 1.57 bits per heavy atom. The zero-order valence-corrected chi connectivity index (χ0v) is 21.0. The first-order chi connectivity index (χ1) is 16.7. The number of hydrogen-bond acceptors (Lipinski definition) is 4. The first-order valence-corrected chi connectivity index (χ1v) is 13.5. The predicted octanol–water partition coefficient (Wildman–Crippen LogP) is 5.02. The van der Waals surface area contributed by atoms with Crippen LogP contribution >= 0.6 is 0 Å². The van der Waals surface area contributed by atoms with Crippen molar-refractivity contribution >= 4 is 33.0 Å². The molecular weight excluding hydrogens is 460 g/mol. The quantitative estimate of drug-likeness (QED) is 0.450. The maximum atomic E-state index is 12.9. The minimum absolute atomic E-state index is 0.0405. The van der Waals surface area contributed by atoms with Crippen molar-refractivity contribution in [1.82, 2.24) is 0 Å². The number of sulfone groups is 1. The number of anilines is 2. The van der Waals surface area contributed by atoms with E-state index >= 15 is 0 Å². The van der Waals surface area contributed by atoms with E-state index in [9.17, 15) is 18.0 Å². The first-order valence-electron chi connectivity index (χ1n) is 11.8. The second kappa shape index (κ2) is 10.0. The highest BCUT2D eigenvalue weighted by molar-refractivity contribution is 7.91. The summed E-state index contributed by atoms with van der Waals surface area (Å²) in [7, 11) is -3.26. The molecule has 6 nitrogen and oxygen atoms in total. The van der Waals surface area contributed by atoms with Gasteiger partial charge in [-0.2, -0.15) is 0 Å². The van der Waals surface area contributed by atoms with E-state index in [0.717, 1.165) is 16.8 Å². The number of hydrogen-bond donors (Lipinski definition) is 1. The molecule has 182 valence electrons. The van der Waals surface area contributed by atoms with Crippen molar-refractivity contribution < 1.29 is 18.0 Å². The van der Waals surface area contributed by atoms with Gasteiger partial charge in [0.15, 0.2) is 9.84 Å². The van der Waals surface area contributed by atoms with Crippen LogP contribution in [0.4, 0.5) is 11.4 Å². The number of benzene rings is 3. The molecule has 1 fully saturated rings. The standard InChI is InChI=1S/C28H30N2O4S/c1-4-35(33,34)24-16-10-20(11-17-24)18-25(31)29-22-14-12-21(13-15-22)27-26(19(2)3)28(32)30(27)23-8-6-5-7-9-23/h5-17,19,26-27H,4,18H2,1-3H3,(H,29,31)/t26-,27-/m1/s1. The molecule has 1 aliphatic rings. The Kier molecular flexibility index (Phi) is 7.08. The lowest BCUT2D eigenvalue weighted by Gasteiger charge is -2.49. The number of nitrogens with one attached hydrogen (secondary N) is 1. The summed E-state index contributed by atoms with van der Waals surface area (Å²) in [6.07, 6.45) is 0.141. The predicted molar refractivity (Wildman–Crippen MR) is 138 cm³/mol. The van der Waals surface area contributed by atoms with Gasteiger partial charge >= 0.3 is 0 Å². The lowest BCUT2D eigenvalue weighted by atomic mass is 9.75. The molecular formula is C28H30N2O4S.